The molecule has 0 unspecified atom stereocenters. The molecule has 42 heavy (non-hydrogen) atoms. The van der Waals surface area contributed by atoms with Gasteiger partial charge in [0.2, 0.25) is 11.6 Å². The molecule has 1 N–H and O–H groups in total. The van der Waals surface area contributed by atoms with Gasteiger partial charge in [0.1, 0.15) is 17.3 Å². The Labute approximate surface area is 247 Å². The number of benzene rings is 1. The average Bonchev–Trinajstić information content (AvgIpc) is 3.46. The molecule has 0 bridgehead atoms. The van der Waals surface area contributed by atoms with Crippen molar-refractivity contribution in [2.75, 3.05) is 0 Å². The maximum Gasteiger partial charge on any atom is 0.229 e. The van der Waals surface area contributed by atoms with Gasteiger partial charge in [0.05, 0.1) is 0 Å². The molecule has 0 aliphatic heterocycles. The van der Waals surface area contributed by atoms with Gasteiger partial charge >= 0.3 is 0 Å². The Morgan fingerprint density at radius 1 is 0.762 bits per heavy atom. The van der Waals surface area contributed by atoms with E-state index in [1.807, 2.05) is 6.07 Å². The summed E-state index contributed by atoms with van der Waals surface area (Å²) in [5.74, 6) is 2.57. The molecule has 0 aromatic heterocycles. The molecule has 7 aliphatic carbocycles. The molecule has 0 radical (unpaired) electrons. The van der Waals surface area contributed by atoms with E-state index < -0.39 is 11.6 Å². The van der Waals surface area contributed by atoms with Crippen LogP contribution in [0.25, 0.3) is 0 Å². The predicted molar refractivity (Wildman–Crippen MR) is 155 cm³/mol. The van der Waals surface area contributed by atoms with Crippen molar-refractivity contribution in [3.05, 3.63) is 46.2 Å². The van der Waals surface area contributed by atoms with Crippen molar-refractivity contribution >= 4 is 23.1 Å². The van der Waals surface area contributed by atoms with E-state index in [1.165, 1.54) is 11.6 Å². The van der Waals surface area contributed by atoms with Gasteiger partial charge in [-0.15, -0.1) is 0 Å². The van der Waals surface area contributed by atoms with E-state index in [0.29, 0.717) is 71.6 Å². The lowest BCUT2D eigenvalue weighted by molar-refractivity contribution is -0.132. The van der Waals surface area contributed by atoms with E-state index in [9.17, 15) is 24.3 Å². The number of hydrogen-bond donors (Lipinski definition) is 1. The number of fused-ring (bicyclic) bond motifs is 9. The maximum absolute atomic E-state index is 13.1. The zero-order chi connectivity index (χ0) is 29.1. The van der Waals surface area contributed by atoms with E-state index in [-0.39, 0.29) is 28.4 Å². The van der Waals surface area contributed by atoms with Gasteiger partial charge < -0.3 is 9.84 Å². The first-order valence-corrected chi connectivity index (χ1v) is 16.2. The molecule has 220 valence electrons. The molecular weight excluding hydrogens is 528 g/mol. The quantitative estimate of drug-likeness (QED) is 0.331. The lowest BCUT2D eigenvalue weighted by atomic mass is 9.54. The minimum Gasteiger partial charge on any atom is -0.504 e. The number of hydrogen-bond acceptors (Lipinski definition) is 6. The first-order valence-electron chi connectivity index (χ1n) is 16.2. The third-order valence-corrected chi connectivity index (χ3v) is 13.4. The van der Waals surface area contributed by atoms with Crippen LogP contribution in [-0.2, 0) is 25.6 Å². The van der Waals surface area contributed by atoms with Gasteiger partial charge in [0.25, 0.3) is 0 Å². The smallest absolute Gasteiger partial charge is 0.229 e. The highest BCUT2D eigenvalue weighted by atomic mass is 16.5. The normalized spacial score (nSPS) is 40.5. The predicted octanol–water partition coefficient (Wildman–Crippen LogP) is 6.33. The number of ether oxygens (including phenoxy) is 1. The van der Waals surface area contributed by atoms with Crippen molar-refractivity contribution in [1.29, 1.82) is 0 Å². The van der Waals surface area contributed by atoms with E-state index in [0.717, 1.165) is 68.9 Å². The first kappa shape index (κ1) is 26.6. The number of carbonyl (C=O) groups excluding carboxylic acids is 4. The minimum atomic E-state index is -0.560. The van der Waals surface area contributed by atoms with Crippen LogP contribution in [0.2, 0.25) is 0 Å². The molecule has 1 aromatic carbocycles. The molecule has 6 heteroatoms. The highest BCUT2D eigenvalue weighted by Gasteiger charge is 2.57. The van der Waals surface area contributed by atoms with Crippen molar-refractivity contribution in [2.24, 2.45) is 40.4 Å². The van der Waals surface area contributed by atoms with Crippen LogP contribution in [0.15, 0.2) is 35.1 Å². The standard InChI is InChI=1S/C36H40O6/c1-35-15-13-19-18-7-10-28(34(41)23(18)5-3-20(19)25(35)8-11-30(35)38)42-29-17-27(37)33(40)24-6-4-21-22(32(24)29)14-16-36(2)26(21)9-12-31(36)39/h7,10,17,19-22,25-26,41H,3-6,8-9,11-16H2,1-2H3/t19-,20-,21-,22+,25+,26+,35+,36+/m1/s1. The number of carbonyl (C=O) groups is 4. The summed E-state index contributed by atoms with van der Waals surface area (Å²) in [5, 5.41) is 11.6. The lowest BCUT2D eigenvalue weighted by Gasteiger charge is -2.49. The minimum absolute atomic E-state index is 0.0761. The summed E-state index contributed by atoms with van der Waals surface area (Å²) >= 11 is 0. The van der Waals surface area contributed by atoms with Crippen LogP contribution in [0.1, 0.15) is 102 Å². The van der Waals surface area contributed by atoms with Crippen molar-refractivity contribution in [3.63, 3.8) is 0 Å². The highest BCUT2D eigenvalue weighted by Crippen LogP contribution is 2.62. The van der Waals surface area contributed by atoms with E-state index in [4.69, 9.17) is 4.74 Å². The Bertz CT molecular complexity index is 1530. The van der Waals surface area contributed by atoms with Crippen LogP contribution < -0.4 is 4.74 Å². The van der Waals surface area contributed by atoms with Crippen molar-refractivity contribution in [2.45, 2.75) is 96.8 Å². The average molecular weight is 569 g/mol. The topological polar surface area (TPSA) is 97.7 Å². The molecule has 4 saturated carbocycles. The summed E-state index contributed by atoms with van der Waals surface area (Å²) in [6.45, 7) is 4.30. The number of aromatic hydroxyl groups is 1. The Hall–Kier alpha value is -3.02. The van der Waals surface area contributed by atoms with Crippen molar-refractivity contribution < 1.29 is 29.0 Å². The molecule has 0 saturated heterocycles. The molecular formula is C36H40O6. The van der Waals surface area contributed by atoms with Crippen LogP contribution in [0.5, 0.6) is 11.5 Å². The fraction of sp³-hybridized carbons (Fsp3) is 0.611. The number of Topliss-reactive ketones (excluding diaryl/α,β-unsaturated/α-hetero) is 3. The lowest BCUT2D eigenvalue weighted by Crippen LogP contribution is -2.45. The van der Waals surface area contributed by atoms with Gasteiger partial charge in [-0.1, -0.05) is 19.9 Å². The summed E-state index contributed by atoms with van der Waals surface area (Å²) in [6, 6.07) is 3.92. The Morgan fingerprint density at radius 3 is 2.07 bits per heavy atom. The number of phenolic OH excluding ortho intramolecular Hbond substituents is 1. The summed E-state index contributed by atoms with van der Waals surface area (Å²) in [4.78, 5) is 51.4. The number of rotatable bonds is 2. The Morgan fingerprint density at radius 2 is 1.38 bits per heavy atom. The van der Waals surface area contributed by atoms with E-state index in [2.05, 4.69) is 19.9 Å². The molecule has 7 aliphatic rings. The third-order valence-electron chi connectivity index (χ3n) is 13.4. The Balaban J connectivity index is 1.11. The summed E-state index contributed by atoms with van der Waals surface area (Å²) in [7, 11) is 0. The molecule has 4 fully saturated rings. The van der Waals surface area contributed by atoms with Gasteiger partial charge in [-0.25, -0.2) is 0 Å². The highest BCUT2D eigenvalue weighted by molar-refractivity contribution is 6.48. The molecule has 0 amide bonds. The summed E-state index contributed by atoms with van der Waals surface area (Å²) < 4.78 is 6.45. The van der Waals surface area contributed by atoms with Crippen molar-refractivity contribution in [1.82, 2.24) is 0 Å². The van der Waals surface area contributed by atoms with Gasteiger partial charge in [-0.05, 0) is 111 Å². The second-order valence-electron chi connectivity index (χ2n) is 14.8. The van der Waals surface area contributed by atoms with Gasteiger partial charge in [-0.3, -0.25) is 19.2 Å². The van der Waals surface area contributed by atoms with Crippen LogP contribution in [0.4, 0.5) is 0 Å². The zero-order valence-corrected chi connectivity index (χ0v) is 24.7. The second kappa shape index (κ2) is 9.00. The SMILES string of the molecule is C[C@]12CC[C@@H]3C4=C(CC[C@H]3[C@@H]1CCC2=O)C(=O)C(=O)C=C4Oc1ccc2c(c1O)CC[C@@H]1[C@@H]2CC[C@]2(C)C(=O)CC[C@@H]12. The van der Waals surface area contributed by atoms with Crippen LogP contribution >= 0.6 is 0 Å². The fourth-order valence-electron chi connectivity index (χ4n) is 11.2. The number of phenols is 1. The van der Waals surface area contributed by atoms with Crippen LogP contribution in [0.3, 0.4) is 0 Å². The second-order valence-corrected chi connectivity index (χ2v) is 14.8. The molecule has 1 aromatic rings. The van der Waals surface area contributed by atoms with E-state index in [1.54, 1.807) is 0 Å². The van der Waals surface area contributed by atoms with Crippen molar-refractivity contribution in [3.8, 4) is 11.5 Å². The molecule has 0 heterocycles. The number of allylic oxidation sites excluding steroid dienone is 3. The zero-order valence-electron chi connectivity index (χ0n) is 24.7. The van der Waals surface area contributed by atoms with Gasteiger partial charge in [0.15, 0.2) is 11.5 Å². The first-order chi connectivity index (χ1) is 20.1. The fourth-order valence-corrected chi connectivity index (χ4v) is 11.2. The molecule has 8 rings (SSSR count). The third kappa shape index (κ3) is 3.44. The van der Waals surface area contributed by atoms with Crippen LogP contribution in [-0.4, -0.2) is 28.2 Å². The Kier molecular flexibility index (Phi) is 5.70. The number of ketones is 4. The summed E-state index contributed by atoms with van der Waals surface area (Å²) in [6.07, 6.45) is 11.0. The van der Waals surface area contributed by atoms with Gasteiger partial charge in [0, 0.05) is 46.5 Å². The van der Waals surface area contributed by atoms with E-state index >= 15 is 0 Å². The monoisotopic (exact) mass is 568 g/mol. The molecule has 6 nitrogen and oxygen atoms in total. The summed E-state index contributed by atoms with van der Waals surface area (Å²) in [5.41, 5.74) is 3.04. The van der Waals surface area contributed by atoms with Gasteiger partial charge in [-0.2, -0.15) is 0 Å². The molecule has 0 spiro atoms. The maximum atomic E-state index is 13.1. The van der Waals surface area contributed by atoms with Crippen LogP contribution in [0, 0.1) is 40.4 Å². The molecule has 8 atom stereocenters. The largest absolute Gasteiger partial charge is 0.504 e.